The molecule has 0 aromatic rings. The number of unbranched alkanes of at least 4 members (excludes halogenated alkanes) is 3. The first-order chi connectivity index (χ1) is 3.91. The van der Waals surface area contributed by atoms with Crippen molar-refractivity contribution < 1.29 is 0 Å². The molecule has 0 N–H and O–H groups in total. The van der Waals surface area contributed by atoms with Crippen LogP contribution in [-0.2, 0) is 0 Å². The molecule has 0 fully saturated rings. The topological polar surface area (TPSA) is 47.6 Å². The summed E-state index contributed by atoms with van der Waals surface area (Å²) in [6, 6.07) is 0. The van der Waals surface area contributed by atoms with E-state index in [0.29, 0.717) is 0 Å². The van der Waals surface area contributed by atoms with Crippen LogP contribution in [0.5, 0.6) is 0 Å². The van der Waals surface area contributed by atoms with Crippen molar-refractivity contribution >= 4 is 0 Å². The minimum Gasteiger partial charge on any atom is -0.0654 e. The maximum absolute atomic E-state index is 6.00. The maximum Gasteiger partial charge on any atom is 0 e. The number of hydrogen-bond acceptors (Lipinski definition) is 2. The molecule has 0 heterocycles. The van der Waals surface area contributed by atoms with E-state index in [1.54, 1.807) is 0 Å². The fraction of sp³-hybridized carbons (Fsp3) is 1.00. The van der Waals surface area contributed by atoms with E-state index in [4.69, 9.17) is 10.8 Å². The second kappa shape index (κ2) is 16.1. The zero-order chi connectivity index (χ0) is 6.83. The summed E-state index contributed by atoms with van der Waals surface area (Å²) < 4.78 is 0. The summed E-state index contributed by atoms with van der Waals surface area (Å²) >= 11 is 0. The van der Waals surface area contributed by atoms with E-state index >= 15 is 0 Å². The van der Waals surface area contributed by atoms with Crippen LogP contribution in [0.1, 0.15) is 39.5 Å². The van der Waals surface area contributed by atoms with Crippen LogP contribution in [0.4, 0.5) is 0 Å². The van der Waals surface area contributed by atoms with Gasteiger partial charge in [-0.1, -0.05) is 39.5 Å². The van der Waals surface area contributed by atoms with Crippen LogP contribution in [0, 0.1) is 10.8 Å². The fourth-order valence-corrected chi connectivity index (χ4v) is 0.500. The highest BCUT2D eigenvalue weighted by molar-refractivity contribution is 4.31. The molecule has 0 aliphatic rings. The van der Waals surface area contributed by atoms with Gasteiger partial charge in [-0.3, -0.25) is 0 Å². The quantitative estimate of drug-likeness (QED) is 0.418. The molecule has 0 aromatic carbocycles. The minimum absolute atomic E-state index is 1.36. The monoisotopic (exact) mass is 114 g/mol. The molecule has 0 unspecified atom stereocenters. The second-order valence-electron chi connectivity index (χ2n) is 1.71. The van der Waals surface area contributed by atoms with Gasteiger partial charge in [-0.15, -0.1) is 0 Å². The largest absolute Gasteiger partial charge is 0.0654 e. The summed E-state index contributed by atoms with van der Waals surface area (Å²) in [6.07, 6.45) is 5.54. The molecule has 0 aliphatic heterocycles. The van der Waals surface area contributed by atoms with E-state index in [1.165, 1.54) is 25.7 Å². The van der Waals surface area contributed by atoms with Gasteiger partial charge in [-0.2, -0.15) is 0 Å². The van der Waals surface area contributed by atoms with Gasteiger partial charge in [-0.25, -0.2) is 0 Å². The summed E-state index contributed by atoms with van der Waals surface area (Å²) in [7, 11) is 0. The van der Waals surface area contributed by atoms with Gasteiger partial charge in [0.05, 0.1) is 0 Å². The molecule has 48 valence electrons. The molecule has 0 saturated carbocycles. The Hall–Kier alpha value is -0.580. The molecule has 2 heteroatoms. The molecular weight excluding hydrogens is 100 g/mol. The average Bonchev–Trinajstić information content (AvgIpc) is 1.88. The van der Waals surface area contributed by atoms with Crippen molar-refractivity contribution in [1.29, 1.82) is 10.8 Å². The van der Waals surface area contributed by atoms with Gasteiger partial charge in [-0.05, 0) is 0 Å². The Morgan fingerprint density at radius 1 is 0.875 bits per heavy atom. The van der Waals surface area contributed by atoms with Gasteiger partial charge in [0.25, 0.3) is 0 Å². The van der Waals surface area contributed by atoms with E-state index in [0.717, 1.165) is 0 Å². The first-order valence-electron chi connectivity index (χ1n) is 3.11. The molecule has 8 heavy (non-hydrogen) atoms. The van der Waals surface area contributed by atoms with Crippen LogP contribution >= 0.6 is 0 Å². The smallest absolute Gasteiger partial charge is 0 e. The van der Waals surface area contributed by atoms with Crippen molar-refractivity contribution in [3.05, 3.63) is 0 Å². The Bertz CT molecular complexity index is 37.0. The van der Waals surface area contributed by atoms with E-state index in [2.05, 4.69) is 13.8 Å². The van der Waals surface area contributed by atoms with Crippen molar-refractivity contribution in [2.75, 3.05) is 0 Å². The minimum atomic E-state index is 1.36. The van der Waals surface area contributed by atoms with Crippen molar-refractivity contribution in [3.63, 3.8) is 0 Å². The van der Waals surface area contributed by atoms with Gasteiger partial charge < -0.3 is 0 Å². The van der Waals surface area contributed by atoms with Gasteiger partial charge >= 0.3 is 0 Å². The van der Waals surface area contributed by atoms with Crippen LogP contribution in [-0.4, -0.2) is 0 Å². The average molecular weight is 114 g/mol. The Morgan fingerprint density at radius 3 is 1.25 bits per heavy atom. The maximum atomic E-state index is 6.00. The van der Waals surface area contributed by atoms with Crippen molar-refractivity contribution in [2.45, 2.75) is 39.5 Å². The van der Waals surface area contributed by atoms with Crippen LogP contribution < -0.4 is 0 Å². The predicted molar refractivity (Wildman–Crippen MR) is 33.3 cm³/mol. The normalized spacial score (nSPS) is 7.00. The van der Waals surface area contributed by atoms with Gasteiger partial charge in [0, 0.05) is 10.8 Å². The van der Waals surface area contributed by atoms with E-state index in [9.17, 15) is 0 Å². The van der Waals surface area contributed by atoms with E-state index in [1.807, 2.05) is 0 Å². The Labute approximate surface area is 51.3 Å². The SMILES string of the molecule is CCCCCC.N#N. The number of rotatable bonds is 3. The molecule has 0 aromatic heterocycles. The van der Waals surface area contributed by atoms with Crippen LogP contribution in [0.3, 0.4) is 0 Å². The standard InChI is InChI=1S/C6H14.N2/c1-3-5-6-4-2;1-2/h3-6H2,1-2H3;. The summed E-state index contributed by atoms with van der Waals surface area (Å²) in [5, 5.41) is 12.0. The first-order valence-corrected chi connectivity index (χ1v) is 3.11. The Morgan fingerprint density at radius 2 is 1.12 bits per heavy atom. The molecule has 0 atom stereocenters. The van der Waals surface area contributed by atoms with Crippen LogP contribution in [0.2, 0.25) is 0 Å². The summed E-state index contributed by atoms with van der Waals surface area (Å²) in [5.74, 6) is 0. The molecule has 0 spiro atoms. The zero-order valence-corrected chi connectivity index (χ0v) is 5.72. The van der Waals surface area contributed by atoms with Crippen LogP contribution in [0.25, 0.3) is 0 Å². The van der Waals surface area contributed by atoms with Gasteiger partial charge in [0.1, 0.15) is 0 Å². The van der Waals surface area contributed by atoms with Gasteiger partial charge in [0.2, 0.25) is 0 Å². The lowest BCUT2D eigenvalue weighted by Crippen LogP contribution is -1.66. The van der Waals surface area contributed by atoms with Crippen molar-refractivity contribution in [1.82, 2.24) is 0 Å². The Balaban J connectivity index is 0. The first kappa shape index (κ1) is 10.4. The fourth-order valence-electron chi connectivity index (χ4n) is 0.500. The molecule has 2 nitrogen and oxygen atoms in total. The molecule has 0 amide bonds. The summed E-state index contributed by atoms with van der Waals surface area (Å²) in [6.45, 7) is 4.46. The highest BCUT2D eigenvalue weighted by Gasteiger charge is 1.75. The van der Waals surface area contributed by atoms with Gasteiger partial charge in [0.15, 0.2) is 0 Å². The third-order valence-corrected chi connectivity index (χ3v) is 0.957. The molecule has 0 bridgehead atoms. The lowest BCUT2D eigenvalue weighted by atomic mass is 10.2. The molecule has 0 aliphatic carbocycles. The molecule has 0 rings (SSSR count). The highest BCUT2D eigenvalue weighted by atomic mass is 14.6. The van der Waals surface area contributed by atoms with Crippen molar-refractivity contribution in [3.8, 4) is 0 Å². The van der Waals surface area contributed by atoms with Crippen LogP contribution in [0.15, 0.2) is 0 Å². The summed E-state index contributed by atoms with van der Waals surface area (Å²) in [4.78, 5) is 0. The number of nitrogens with zero attached hydrogens (tertiary/aromatic N) is 2. The molecule has 0 radical (unpaired) electrons. The second-order valence-corrected chi connectivity index (χ2v) is 1.71. The highest BCUT2D eigenvalue weighted by Crippen LogP contribution is 1.95. The van der Waals surface area contributed by atoms with Crippen molar-refractivity contribution in [2.24, 2.45) is 0 Å². The predicted octanol–water partition coefficient (Wildman–Crippen LogP) is 2.62. The third-order valence-electron chi connectivity index (χ3n) is 0.957. The third kappa shape index (κ3) is 18.1. The lowest BCUT2D eigenvalue weighted by Gasteiger charge is -1.86. The lowest BCUT2D eigenvalue weighted by molar-refractivity contribution is 0.702. The Kier molecular flexibility index (Phi) is 21.0. The molecule has 0 saturated heterocycles. The van der Waals surface area contributed by atoms with E-state index < -0.39 is 0 Å². The molecular formula is C6H14N2. The number of hydrogen-bond donors (Lipinski definition) is 0. The zero-order valence-electron chi connectivity index (χ0n) is 5.72. The summed E-state index contributed by atoms with van der Waals surface area (Å²) in [5.41, 5.74) is 0. The van der Waals surface area contributed by atoms with E-state index in [-0.39, 0.29) is 0 Å².